The largest absolute Gasteiger partial charge is 0.464 e. The fraction of sp³-hybridized carbons (Fsp3) is 0.267. The summed E-state index contributed by atoms with van der Waals surface area (Å²) in [6, 6.07) is 10.2. The Hall–Kier alpha value is -2.03. The van der Waals surface area contributed by atoms with Crippen molar-refractivity contribution in [1.29, 1.82) is 0 Å². The molecule has 1 fully saturated rings. The second kappa shape index (κ2) is 3.48. The van der Waals surface area contributed by atoms with Gasteiger partial charge in [0.1, 0.15) is 5.76 Å². The third-order valence-electron chi connectivity index (χ3n) is 3.74. The van der Waals surface area contributed by atoms with Gasteiger partial charge in [0.15, 0.2) is 0 Å². The first-order valence-electron chi connectivity index (χ1n) is 6.31. The Labute approximate surface area is 105 Å². The predicted molar refractivity (Wildman–Crippen MR) is 67.0 cm³/mol. The molecule has 2 heterocycles. The van der Waals surface area contributed by atoms with Gasteiger partial charge in [-0.15, -0.1) is 0 Å². The van der Waals surface area contributed by atoms with Gasteiger partial charge in [-0.3, -0.25) is 4.79 Å². The van der Waals surface area contributed by atoms with Crippen LogP contribution < -0.4 is 0 Å². The molecule has 3 heteroatoms. The molecule has 1 aromatic heterocycles. The molecule has 1 aliphatic heterocycles. The number of carbonyl (C=O) groups is 1. The Kier molecular flexibility index (Phi) is 1.92. The van der Waals surface area contributed by atoms with Crippen molar-refractivity contribution in [3.63, 3.8) is 0 Å². The third-order valence-corrected chi connectivity index (χ3v) is 3.74. The third kappa shape index (κ3) is 1.33. The van der Waals surface area contributed by atoms with E-state index in [1.165, 1.54) is 0 Å². The van der Waals surface area contributed by atoms with Gasteiger partial charge in [-0.2, -0.15) is 0 Å². The molecule has 90 valence electrons. The van der Waals surface area contributed by atoms with E-state index in [2.05, 4.69) is 0 Å². The summed E-state index contributed by atoms with van der Waals surface area (Å²) in [5, 5.41) is 0. The molecule has 0 unspecified atom stereocenters. The van der Waals surface area contributed by atoms with Gasteiger partial charge in [-0.05, 0) is 30.5 Å². The molecule has 0 atom stereocenters. The lowest BCUT2D eigenvalue weighted by Crippen LogP contribution is -2.26. The molecule has 1 aromatic carbocycles. The molecule has 2 aromatic rings. The highest BCUT2D eigenvalue weighted by atomic mass is 16.3. The standard InChI is InChI=1S/C15H13NO2/c17-15-14-10(9-16(15)11-6-7-11)3-1-4-12(14)13-5-2-8-18-13/h1-5,8,11H,6-7,9H2. The Bertz CT molecular complexity index is 611. The van der Waals surface area contributed by atoms with Gasteiger partial charge in [0.05, 0.1) is 11.8 Å². The average Bonchev–Trinajstić information content (AvgIpc) is 2.97. The molecule has 2 aliphatic rings. The van der Waals surface area contributed by atoms with E-state index in [1.807, 2.05) is 35.2 Å². The minimum atomic E-state index is 0.166. The van der Waals surface area contributed by atoms with Gasteiger partial charge < -0.3 is 9.32 Å². The number of furan rings is 1. The maximum atomic E-state index is 12.5. The van der Waals surface area contributed by atoms with Crippen LogP contribution in [0.3, 0.4) is 0 Å². The van der Waals surface area contributed by atoms with E-state index < -0.39 is 0 Å². The van der Waals surface area contributed by atoms with E-state index in [0.29, 0.717) is 6.04 Å². The van der Waals surface area contributed by atoms with Crippen LogP contribution in [0, 0.1) is 0 Å². The van der Waals surface area contributed by atoms with E-state index >= 15 is 0 Å². The summed E-state index contributed by atoms with van der Waals surface area (Å²) in [7, 11) is 0. The summed E-state index contributed by atoms with van der Waals surface area (Å²) in [5.74, 6) is 0.942. The Balaban J connectivity index is 1.85. The Morgan fingerprint density at radius 1 is 1.17 bits per heavy atom. The molecule has 1 saturated carbocycles. The van der Waals surface area contributed by atoms with Crippen LogP contribution in [0.2, 0.25) is 0 Å². The second-order valence-electron chi connectivity index (χ2n) is 4.98. The summed E-state index contributed by atoms with van der Waals surface area (Å²) in [5.41, 5.74) is 2.88. The van der Waals surface area contributed by atoms with Crippen LogP contribution in [0.5, 0.6) is 0 Å². The number of amides is 1. The lowest BCUT2D eigenvalue weighted by atomic mass is 10.0. The minimum Gasteiger partial charge on any atom is -0.464 e. The minimum absolute atomic E-state index is 0.166. The molecule has 4 rings (SSSR count). The van der Waals surface area contributed by atoms with E-state index in [0.717, 1.165) is 41.8 Å². The Morgan fingerprint density at radius 2 is 2.06 bits per heavy atom. The SMILES string of the molecule is O=C1c2c(cccc2-c2ccco2)CN1C1CC1. The van der Waals surface area contributed by atoms with Crippen LogP contribution in [-0.4, -0.2) is 16.8 Å². The molecular formula is C15H13NO2. The monoisotopic (exact) mass is 239 g/mol. The zero-order valence-electron chi connectivity index (χ0n) is 9.93. The maximum Gasteiger partial charge on any atom is 0.255 e. The summed E-state index contributed by atoms with van der Waals surface area (Å²) >= 11 is 0. The van der Waals surface area contributed by atoms with Crippen molar-refractivity contribution in [2.75, 3.05) is 0 Å². The fourth-order valence-corrected chi connectivity index (χ4v) is 2.70. The number of nitrogens with zero attached hydrogens (tertiary/aromatic N) is 1. The van der Waals surface area contributed by atoms with Gasteiger partial charge in [0.2, 0.25) is 0 Å². The lowest BCUT2D eigenvalue weighted by molar-refractivity contribution is 0.0767. The highest BCUT2D eigenvalue weighted by molar-refractivity contribution is 6.04. The molecule has 3 nitrogen and oxygen atoms in total. The summed E-state index contributed by atoms with van der Waals surface area (Å²) < 4.78 is 5.43. The molecule has 0 radical (unpaired) electrons. The van der Waals surface area contributed by atoms with Crippen LogP contribution in [-0.2, 0) is 6.54 Å². The van der Waals surface area contributed by atoms with Crippen molar-refractivity contribution < 1.29 is 9.21 Å². The normalized spacial score (nSPS) is 18.2. The van der Waals surface area contributed by atoms with Gasteiger partial charge in [0.25, 0.3) is 5.91 Å². The van der Waals surface area contributed by atoms with Gasteiger partial charge in [-0.1, -0.05) is 18.2 Å². The molecule has 0 bridgehead atoms. The van der Waals surface area contributed by atoms with Crippen LogP contribution in [0.4, 0.5) is 0 Å². The smallest absolute Gasteiger partial charge is 0.255 e. The zero-order valence-corrected chi connectivity index (χ0v) is 9.93. The number of rotatable bonds is 2. The summed E-state index contributed by atoms with van der Waals surface area (Å²) in [4.78, 5) is 14.5. The van der Waals surface area contributed by atoms with Crippen molar-refractivity contribution >= 4 is 5.91 Å². The first-order valence-corrected chi connectivity index (χ1v) is 6.31. The van der Waals surface area contributed by atoms with Crippen molar-refractivity contribution in [1.82, 2.24) is 4.90 Å². The molecule has 1 aliphatic carbocycles. The van der Waals surface area contributed by atoms with E-state index in [1.54, 1.807) is 6.26 Å². The van der Waals surface area contributed by atoms with E-state index in [4.69, 9.17) is 4.42 Å². The molecule has 0 N–H and O–H groups in total. The van der Waals surface area contributed by atoms with Crippen LogP contribution in [0.25, 0.3) is 11.3 Å². The summed E-state index contributed by atoms with van der Waals surface area (Å²) in [6.45, 7) is 0.757. The zero-order chi connectivity index (χ0) is 12.1. The number of fused-ring (bicyclic) bond motifs is 1. The fourth-order valence-electron chi connectivity index (χ4n) is 2.70. The van der Waals surface area contributed by atoms with E-state index in [9.17, 15) is 4.79 Å². The first-order chi connectivity index (χ1) is 8.84. The van der Waals surface area contributed by atoms with Gasteiger partial charge in [-0.25, -0.2) is 0 Å². The van der Waals surface area contributed by atoms with Crippen LogP contribution >= 0.6 is 0 Å². The Morgan fingerprint density at radius 3 is 2.78 bits per heavy atom. The van der Waals surface area contributed by atoms with E-state index in [-0.39, 0.29) is 5.91 Å². The molecular weight excluding hydrogens is 226 g/mol. The lowest BCUT2D eigenvalue weighted by Gasteiger charge is -2.13. The highest BCUT2D eigenvalue weighted by Gasteiger charge is 2.39. The van der Waals surface area contributed by atoms with Crippen molar-refractivity contribution in [3.05, 3.63) is 47.7 Å². The first kappa shape index (κ1) is 9.95. The quantitative estimate of drug-likeness (QED) is 0.807. The molecule has 0 saturated heterocycles. The molecule has 0 spiro atoms. The molecule has 18 heavy (non-hydrogen) atoms. The van der Waals surface area contributed by atoms with Crippen molar-refractivity contribution in [2.45, 2.75) is 25.4 Å². The number of carbonyl (C=O) groups excluding carboxylic acids is 1. The molecule has 1 amide bonds. The van der Waals surface area contributed by atoms with Gasteiger partial charge in [0, 0.05) is 18.2 Å². The van der Waals surface area contributed by atoms with Crippen molar-refractivity contribution in [2.24, 2.45) is 0 Å². The average molecular weight is 239 g/mol. The highest BCUT2D eigenvalue weighted by Crippen LogP contribution is 2.38. The predicted octanol–water partition coefficient (Wildman–Crippen LogP) is 3.06. The van der Waals surface area contributed by atoms with Crippen LogP contribution in [0.1, 0.15) is 28.8 Å². The number of hydrogen-bond donors (Lipinski definition) is 0. The van der Waals surface area contributed by atoms with Crippen molar-refractivity contribution in [3.8, 4) is 11.3 Å². The maximum absolute atomic E-state index is 12.5. The van der Waals surface area contributed by atoms with Gasteiger partial charge >= 0.3 is 0 Å². The number of hydrogen-bond acceptors (Lipinski definition) is 2. The second-order valence-corrected chi connectivity index (χ2v) is 4.98. The summed E-state index contributed by atoms with van der Waals surface area (Å²) in [6.07, 6.45) is 3.94. The number of benzene rings is 1. The topological polar surface area (TPSA) is 33.5 Å². The van der Waals surface area contributed by atoms with Crippen LogP contribution in [0.15, 0.2) is 41.0 Å².